The summed E-state index contributed by atoms with van der Waals surface area (Å²) in [6, 6.07) is 13.9. The van der Waals surface area contributed by atoms with E-state index in [1.807, 2.05) is 30.3 Å². The number of nitrogens with two attached hydrogens (primary N) is 1. The predicted octanol–water partition coefficient (Wildman–Crippen LogP) is 2.82. The molecule has 0 atom stereocenters. The average molecular weight is 322 g/mol. The fourth-order valence-corrected chi connectivity index (χ4v) is 3.14. The van der Waals surface area contributed by atoms with Crippen LogP contribution in [0.15, 0.2) is 46.9 Å². The summed E-state index contributed by atoms with van der Waals surface area (Å²) in [6.07, 6.45) is 0. The van der Waals surface area contributed by atoms with E-state index < -0.39 is 0 Å². The number of hydrogen-bond acceptors (Lipinski definition) is 5. The molecule has 0 aliphatic carbocycles. The van der Waals surface area contributed by atoms with Gasteiger partial charge in [-0.15, -0.1) is 0 Å². The van der Waals surface area contributed by atoms with E-state index in [2.05, 4.69) is 34.0 Å². The lowest BCUT2D eigenvalue weighted by Gasteiger charge is -2.32. The number of likely N-dealkylation sites (N-methyl/N-ethyl adjacent to an activating group) is 1. The molecule has 3 aromatic rings. The van der Waals surface area contributed by atoms with Crippen LogP contribution in [0.2, 0.25) is 0 Å². The fourth-order valence-electron chi connectivity index (χ4n) is 3.14. The fraction of sp³-hybridized carbons (Fsp3) is 0.316. The number of aromatic nitrogens is 1. The molecule has 2 N–H and O–H groups in total. The molecule has 0 saturated carbocycles. The van der Waals surface area contributed by atoms with Crippen molar-refractivity contribution in [3.8, 4) is 11.5 Å². The zero-order chi connectivity index (χ0) is 16.5. The number of fused-ring (bicyclic) bond motifs is 1. The lowest BCUT2D eigenvalue weighted by atomic mass is 10.1. The molecule has 2 aromatic carbocycles. The first-order chi connectivity index (χ1) is 11.7. The van der Waals surface area contributed by atoms with E-state index in [-0.39, 0.29) is 0 Å². The summed E-state index contributed by atoms with van der Waals surface area (Å²) in [5.74, 6) is 0.583. The molecule has 0 unspecified atom stereocenters. The van der Waals surface area contributed by atoms with Gasteiger partial charge < -0.3 is 15.1 Å². The topological polar surface area (TPSA) is 58.5 Å². The molecule has 1 aromatic heterocycles. The van der Waals surface area contributed by atoms with Gasteiger partial charge in [-0.25, -0.2) is 4.98 Å². The molecule has 0 bridgehead atoms. The van der Waals surface area contributed by atoms with Crippen molar-refractivity contribution < 1.29 is 4.42 Å². The minimum Gasteiger partial charge on any atom is -0.436 e. The van der Waals surface area contributed by atoms with Crippen molar-refractivity contribution in [3.05, 3.63) is 48.0 Å². The molecule has 2 heterocycles. The molecule has 5 heteroatoms. The van der Waals surface area contributed by atoms with E-state index in [4.69, 9.17) is 10.2 Å². The number of hydrogen-bond donors (Lipinski definition) is 1. The van der Waals surface area contributed by atoms with E-state index in [0.29, 0.717) is 11.6 Å². The van der Waals surface area contributed by atoms with Gasteiger partial charge in [0.15, 0.2) is 5.58 Å². The lowest BCUT2D eigenvalue weighted by Crippen LogP contribution is -2.43. The highest BCUT2D eigenvalue weighted by Crippen LogP contribution is 2.28. The highest BCUT2D eigenvalue weighted by molar-refractivity contribution is 5.79. The monoisotopic (exact) mass is 322 g/mol. The van der Waals surface area contributed by atoms with E-state index in [9.17, 15) is 0 Å². The van der Waals surface area contributed by atoms with Crippen molar-refractivity contribution in [1.29, 1.82) is 0 Å². The second-order valence-electron chi connectivity index (χ2n) is 6.49. The average Bonchev–Trinajstić information content (AvgIpc) is 3.00. The van der Waals surface area contributed by atoms with Crippen LogP contribution in [0.4, 0.5) is 5.69 Å². The third-order valence-electron chi connectivity index (χ3n) is 4.65. The van der Waals surface area contributed by atoms with Gasteiger partial charge in [0.05, 0.1) is 5.56 Å². The number of rotatable bonds is 3. The smallest absolute Gasteiger partial charge is 0.229 e. The molecule has 124 valence electrons. The van der Waals surface area contributed by atoms with Crippen LogP contribution in [0.25, 0.3) is 22.6 Å². The molecular weight excluding hydrogens is 300 g/mol. The summed E-state index contributed by atoms with van der Waals surface area (Å²) < 4.78 is 5.88. The second-order valence-corrected chi connectivity index (χ2v) is 6.49. The van der Waals surface area contributed by atoms with Crippen molar-refractivity contribution in [1.82, 2.24) is 14.8 Å². The third kappa shape index (κ3) is 3.00. The largest absolute Gasteiger partial charge is 0.436 e. The molecule has 0 radical (unpaired) electrons. The van der Waals surface area contributed by atoms with Gasteiger partial charge in [-0.05, 0) is 36.9 Å². The molecule has 1 aliphatic rings. The molecule has 1 saturated heterocycles. The normalized spacial score (nSPS) is 16.7. The van der Waals surface area contributed by atoms with Gasteiger partial charge in [0.2, 0.25) is 5.89 Å². The van der Waals surface area contributed by atoms with E-state index in [1.54, 1.807) is 0 Å². The van der Waals surface area contributed by atoms with Crippen LogP contribution in [-0.4, -0.2) is 48.0 Å². The summed E-state index contributed by atoms with van der Waals surface area (Å²) in [6.45, 7) is 5.44. The van der Waals surface area contributed by atoms with Gasteiger partial charge in [0.25, 0.3) is 0 Å². The zero-order valence-electron chi connectivity index (χ0n) is 13.9. The highest BCUT2D eigenvalue weighted by atomic mass is 16.3. The van der Waals surface area contributed by atoms with Crippen LogP contribution in [0, 0.1) is 0 Å². The maximum Gasteiger partial charge on any atom is 0.229 e. The Morgan fingerprint density at radius 1 is 1.08 bits per heavy atom. The number of para-hydroxylation sites is 1. The number of nitrogens with zero attached hydrogens (tertiary/aromatic N) is 3. The quantitative estimate of drug-likeness (QED) is 0.752. The van der Waals surface area contributed by atoms with Gasteiger partial charge in [-0.2, -0.15) is 0 Å². The molecule has 5 nitrogen and oxygen atoms in total. The molecule has 0 spiro atoms. The minimum atomic E-state index is 0.583. The van der Waals surface area contributed by atoms with Gasteiger partial charge in [-0.3, -0.25) is 4.90 Å². The zero-order valence-corrected chi connectivity index (χ0v) is 13.9. The van der Waals surface area contributed by atoms with E-state index >= 15 is 0 Å². The molecule has 24 heavy (non-hydrogen) atoms. The van der Waals surface area contributed by atoms with Crippen LogP contribution >= 0.6 is 0 Å². The number of benzene rings is 2. The predicted molar refractivity (Wildman–Crippen MR) is 96.6 cm³/mol. The lowest BCUT2D eigenvalue weighted by molar-refractivity contribution is 0.148. The SMILES string of the molecule is CN1CCN(Cc2ccc3oc(-c4ccccc4N)nc3c2)CC1. The number of anilines is 1. The molecular formula is C19H22N4O. The van der Waals surface area contributed by atoms with Gasteiger partial charge in [0, 0.05) is 38.4 Å². The second kappa shape index (κ2) is 6.26. The van der Waals surface area contributed by atoms with Gasteiger partial charge >= 0.3 is 0 Å². The van der Waals surface area contributed by atoms with Crippen LogP contribution in [0.3, 0.4) is 0 Å². The maximum atomic E-state index is 6.03. The Morgan fingerprint density at radius 3 is 2.67 bits per heavy atom. The van der Waals surface area contributed by atoms with Crippen LogP contribution in [-0.2, 0) is 6.54 Å². The Bertz CT molecular complexity index is 849. The van der Waals surface area contributed by atoms with E-state index in [0.717, 1.165) is 49.4 Å². The first-order valence-electron chi connectivity index (χ1n) is 8.34. The Kier molecular flexibility index (Phi) is 3.96. The van der Waals surface area contributed by atoms with Crippen molar-refractivity contribution in [2.45, 2.75) is 6.54 Å². The van der Waals surface area contributed by atoms with Crippen LogP contribution in [0.1, 0.15) is 5.56 Å². The summed E-state index contributed by atoms with van der Waals surface area (Å²) in [7, 11) is 2.18. The van der Waals surface area contributed by atoms with Gasteiger partial charge in [0.1, 0.15) is 5.52 Å². The van der Waals surface area contributed by atoms with Crippen molar-refractivity contribution in [3.63, 3.8) is 0 Å². The van der Waals surface area contributed by atoms with Crippen molar-refractivity contribution in [2.24, 2.45) is 0 Å². The summed E-state index contributed by atoms with van der Waals surface area (Å²) in [5.41, 5.74) is 10.5. The van der Waals surface area contributed by atoms with Crippen molar-refractivity contribution in [2.75, 3.05) is 39.0 Å². The Labute approximate surface area is 141 Å². The highest BCUT2D eigenvalue weighted by Gasteiger charge is 2.15. The van der Waals surface area contributed by atoms with Crippen LogP contribution < -0.4 is 5.73 Å². The summed E-state index contributed by atoms with van der Waals surface area (Å²) in [4.78, 5) is 9.49. The Morgan fingerprint density at radius 2 is 1.88 bits per heavy atom. The van der Waals surface area contributed by atoms with Crippen molar-refractivity contribution >= 4 is 16.8 Å². The first-order valence-corrected chi connectivity index (χ1v) is 8.34. The molecule has 1 aliphatic heterocycles. The Hall–Kier alpha value is -2.37. The molecule has 0 amide bonds. The number of nitrogen functional groups attached to an aromatic ring is 1. The summed E-state index contributed by atoms with van der Waals surface area (Å²) >= 11 is 0. The summed E-state index contributed by atoms with van der Waals surface area (Å²) in [5, 5.41) is 0. The standard InChI is InChI=1S/C19H22N4O/c1-22-8-10-23(11-9-22)13-14-6-7-18-17(12-14)21-19(24-18)15-4-2-3-5-16(15)20/h2-7,12H,8-11,13,20H2,1H3. The first kappa shape index (κ1) is 15.2. The minimum absolute atomic E-state index is 0.583. The third-order valence-corrected chi connectivity index (χ3v) is 4.65. The number of piperazine rings is 1. The maximum absolute atomic E-state index is 6.03. The Balaban J connectivity index is 1.58. The van der Waals surface area contributed by atoms with Crippen LogP contribution in [0.5, 0.6) is 0 Å². The molecule has 1 fully saturated rings. The van der Waals surface area contributed by atoms with Gasteiger partial charge in [-0.1, -0.05) is 18.2 Å². The van der Waals surface area contributed by atoms with E-state index in [1.165, 1.54) is 5.56 Å². The molecule has 4 rings (SSSR count). The number of oxazole rings is 1.